The molecule has 0 spiro atoms. The smallest absolute Gasteiger partial charge is 0.493 e. The lowest BCUT2D eigenvalue weighted by atomic mass is 10.1. The van der Waals surface area contributed by atoms with E-state index in [2.05, 4.69) is 9.72 Å². The first-order chi connectivity index (χ1) is 14.6. The topological polar surface area (TPSA) is 69.3 Å². The third kappa shape index (κ3) is 3.98. The summed E-state index contributed by atoms with van der Waals surface area (Å²) in [6, 6.07) is 12.4. The molecular formula is C22H18F3N3O3. The van der Waals surface area contributed by atoms with Crippen LogP contribution in [0.2, 0.25) is 0 Å². The molecule has 0 atom stereocenters. The van der Waals surface area contributed by atoms with Gasteiger partial charge in [0.2, 0.25) is 5.88 Å². The fraction of sp³-hybridized carbons (Fsp3) is 0.182. The third-order valence-corrected chi connectivity index (χ3v) is 5.01. The van der Waals surface area contributed by atoms with Crippen molar-refractivity contribution in [1.82, 2.24) is 14.1 Å². The molecule has 0 fully saturated rings. The van der Waals surface area contributed by atoms with Crippen LogP contribution in [0.15, 0.2) is 59.5 Å². The van der Waals surface area contributed by atoms with Crippen LogP contribution in [0.5, 0.6) is 11.6 Å². The molecule has 0 bridgehead atoms. The Balaban J connectivity index is 1.74. The van der Waals surface area contributed by atoms with Crippen molar-refractivity contribution >= 4 is 10.9 Å². The maximum absolute atomic E-state index is 13.1. The summed E-state index contributed by atoms with van der Waals surface area (Å²) in [6.45, 7) is 3.76. The molecular weight excluding hydrogens is 411 g/mol. The largest absolute Gasteiger partial charge is 0.573 e. The van der Waals surface area contributed by atoms with Crippen LogP contribution in [-0.4, -0.2) is 25.6 Å². The number of aromatic nitrogens is 3. The molecule has 2 aromatic heterocycles. The van der Waals surface area contributed by atoms with Gasteiger partial charge < -0.3 is 9.84 Å². The van der Waals surface area contributed by atoms with Crippen molar-refractivity contribution in [2.45, 2.75) is 26.8 Å². The number of halogens is 3. The number of rotatable bonds is 4. The van der Waals surface area contributed by atoms with Crippen molar-refractivity contribution in [2.24, 2.45) is 0 Å². The van der Waals surface area contributed by atoms with E-state index in [1.807, 2.05) is 31.2 Å². The normalized spacial score (nSPS) is 11.8. The Labute approximate surface area is 174 Å². The summed E-state index contributed by atoms with van der Waals surface area (Å²) in [7, 11) is 0. The Morgan fingerprint density at radius 1 is 1.06 bits per heavy atom. The maximum atomic E-state index is 13.1. The van der Waals surface area contributed by atoms with Gasteiger partial charge in [-0.3, -0.25) is 9.55 Å². The zero-order valence-electron chi connectivity index (χ0n) is 16.6. The van der Waals surface area contributed by atoms with E-state index in [1.165, 1.54) is 16.7 Å². The van der Waals surface area contributed by atoms with Crippen molar-refractivity contribution in [3.8, 4) is 17.3 Å². The van der Waals surface area contributed by atoms with Gasteiger partial charge in [-0.05, 0) is 61.9 Å². The lowest BCUT2D eigenvalue weighted by Gasteiger charge is -2.09. The van der Waals surface area contributed by atoms with Gasteiger partial charge in [-0.2, -0.15) is 0 Å². The average Bonchev–Trinajstić information content (AvgIpc) is 2.91. The first kappa shape index (κ1) is 20.5. The SMILES string of the molecule is Cc1ccc2nccc(Cn3c(C)c(O)n(-c4ccc(OC(F)(F)F)cc4)c3=O)c2c1. The Bertz CT molecular complexity index is 1320. The number of nitrogens with zero attached hydrogens (tertiary/aromatic N) is 3. The second-order valence-electron chi connectivity index (χ2n) is 7.15. The van der Waals surface area contributed by atoms with E-state index in [1.54, 1.807) is 13.1 Å². The van der Waals surface area contributed by atoms with Gasteiger partial charge in [0.05, 0.1) is 23.4 Å². The predicted molar refractivity (Wildman–Crippen MR) is 109 cm³/mol. The lowest BCUT2D eigenvalue weighted by Crippen LogP contribution is -2.24. The molecule has 0 saturated carbocycles. The van der Waals surface area contributed by atoms with Crippen LogP contribution < -0.4 is 10.4 Å². The van der Waals surface area contributed by atoms with Crippen molar-refractivity contribution < 1.29 is 23.0 Å². The van der Waals surface area contributed by atoms with Crippen molar-refractivity contribution in [1.29, 1.82) is 0 Å². The maximum Gasteiger partial charge on any atom is 0.573 e. The molecule has 0 radical (unpaired) electrons. The first-order valence-electron chi connectivity index (χ1n) is 9.35. The Morgan fingerprint density at radius 3 is 2.45 bits per heavy atom. The van der Waals surface area contributed by atoms with Gasteiger partial charge in [0.1, 0.15) is 5.75 Å². The summed E-state index contributed by atoms with van der Waals surface area (Å²) in [5.41, 5.74) is 2.72. The van der Waals surface area contributed by atoms with Crippen LogP contribution in [-0.2, 0) is 6.54 Å². The number of fused-ring (bicyclic) bond motifs is 1. The molecule has 6 nitrogen and oxygen atoms in total. The highest BCUT2D eigenvalue weighted by Gasteiger charge is 2.31. The van der Waals surface area contributed by atoms with E-state index in [0.29, 0.717) is 5.69 Å². The van der Waals surface area contributed by atoms with Crippen molar-refractivity contribution in [3.63, 3.8) is 0 Å². The molecule has 0 unspecified atom stereocenters. The molecule has 0 amide bonds. The number of aromatic hydroxyl groups is 1. The highest BCUT2D eigenvalue weighted by atomic mass is 19.4. The zero-order valence-corrected chi connectivity index (χ0v) is 16.6. The molecule has 2 aromatic carbocycles. The molecule has 2 heterocycles. The minimum Gasteiger partial charge on any atom is -0.493 e. The minimum absolute atomic E-state index is 0.197. The van der Waals surface area contributed by atoms with Gasteiger partial charge in [-0.1, -0.05) is 11.6 Å². The fourth-order valence-electron chi connectivity index (χ4n) is 3.48. The Kier molecular flexibility index (Phi) is 4.96. The van der Waals surface area contributed by atoms with E-state index < -0.39 is 17.8 Å². The third-order valence-electron chi connectivity index (χ3n) is 5.01. The summed E-state index contributed by atoms with van der Waals surface area (Å²) in [5.74, 6) is -0.706. The van der Waals surface area contributed by atoms with Gasteiger partial charge >= 0.3 is 12.1 Å². The average molecular weight is 429 g/mol. The van der Waals surface area contributed by atoms with E-state index >= 15 is 0 Å². The molecule has 0 aliphatic rings. The zero-order chi connectivity index (χ0) is 22.3. The van der Waals surface area contributed by atoms with Crippen molar-refractivity contribution in [2.75, 3.05) is 0 Å². The van der Waals surface area contributed by atoms with Crippen LogP contribution in [0.4, 0.5) is 13.2 Å². The first-order valence-corrected chi connectivity index (χ1v) is 9.35. The van der Waals surface area contributed by atoms with Crippen LogP contribution in [0.1, 0.15) is 16.8 Å². The number of pyridine rings is 1. The lowest BCUT2D eigenvalue weighted by molar-refractivity contribution is -0.274. The van der Waals surface area contributed by atoms with Gasteiger partial charge in [0.15, 0.2) is 0 Å². The quantitative estimate of drug-likeness (QED) is 0.520. The summed E-state index contributed by atoms with van der Waals surface area (Å²) < 4.78 is 43.4. The van der Waals surface area contributed by atoms with Crippen LogP contribution in [0.25, 0.3) is 16.6 Å². The number of benzene rings is 2. The minimum atomic E-state index is -4.81. The van der Waals surface area contributed by atoms with Gasteiger partial charge in [0, 0.05) is 11.6 Å². The van der Waals surface area contributed by atoms with Crippen LogP contribution >= 0.6 is 0 Å². The number of ether oxygens (including phenoxy) is 1. The molecule has 0 aliphatic heterocycles. The second-order valence-corrected chi connectivity index (χ2v) is 7.15. The van der Waals surface area contributed by atoms with Crippen molar-refractivity contribution in [3.05, 3.63) is 82.0 Å². The van der Waals surface area contributed by atoms with Gasteiger partial charge in [0.25, 0.3) is 0 Å². The second kappa shape index (κ2) is 7.50. The summed E-state index contributed by atoms with van der Waals surface area (Å²) in [6.07, 6.45) is -3.16. The molecule has 1 N–H and O–H groups in total. The summed E-state index contributed by atoms with van der Waals surface area (Å²) >= 11 is 0. The molecule has 0 saturated heterocycles. The summed E-state index contributed by atoms with van der Waals surface area (Å²) in [4.78, 5) is 17.4. The number of hydrogen-bond acceptors (Lipinski definition) is 4. The highest BCUT2D eigenvalue weighted by Crippen LogP contribution is 2.26. The van der Waals surface area contributed by atoms with Gasteiger partial charge in [-0.25, -0.2) is 9.36 Å². The van der Waals surface area contributed by atoms with Crippen LogP contribution in [0, 0.1) is 13.8 Å². The van der Waals surface area contributed by atoms with E-state index in [-0.39, 0.29) is 18.1 Å². The van der Waals surface area contributed by atoms with E-state index in [0.717, 1.165) is 38.7 Å². The number of aryl methyl sites for hydroxylation is 1. The molecule has 0 aliphatic carbocycles. The van der Waals surface area contributed by atoms with E-state index in [4.69, 9.17) is 0 Å². The standard InChI is InChI=1S/C22H18F3N3O3/c1-13-3-8-19-18(11-13)15(9-10-26-19)12-27-14(2)20(29)28(21(27)30)16-4-6-17(7-5-16)31-22(23,24)25/h3-11,29H,12H2,1-2H3. The summed E-state index contributed by atoms with van der Waals surface area (Å²) in [5, 5.41) is 11.5. The van der Waals surface area contributed by atoms with Gasteiger partial charge in [-0.15, -0.1) is 13.2 Å². The fourth-order valence-corrected chi connectivity index (χ4v) is 3.48. The number of imidazole rings is 1. The molecule has 9 heteroatoms. The Hall–Kier alpha value is -3.75. The monoisotopic (exact) mass is 429 g/mol. The number of hydrogen-bond donors (Lipinski definition) is 1. The molecule has 4 rings (SSSR count). The predicted octanol–water partition coefficient (Wildman–Crippen LogP) is 4.46. The van der Waals surface area contributed by atoms with E-state index in [9.17, 15) is 23.1 Å². The Morgan fingerprint density at radius 2 is 1.77 bits per heavy atom. The molecule has 4 aromatic rings. The molecule has 31 heavy (non-hydrogen) atoms. The van der Waals surface area contributed by atoms with Crippen LogP contribution in [0.3, 0.4) is 0 Å². The highest BCUT2D eigenvalue weighted by molar-refractivity contribution is 5.82. The number of alkyl halides is 3. The molecule has 160 valence electrons.